The van der Waals surface area contributed by atoms with E-state index in [2.05, 4.69) is 15.2 Å². The zero-order valence-electron chi connectivity index (χ0n) is 13.4. The molecule has 3 heterocycles. The lowest BCUT2D eigenvalue weighted by Gasteiger charge is -2.19. The van der Waals surface area contributed by atoms with Crippen LogP contribution in [0.5, 0.6) is 11.5 Å². The van der Waals surface area contributed by atoms with Crippen LogP contribution in [0.15, 0.2) is 30.5 Å². The smallest absolute Gasteiger partial charge is 0.231 e. The molecule has 0 amide bonds. The molecule has 25 heavy (non-hydrogen) atoms. The lowest BCUT2D eigenvalue weighted by molar-refractivity contribution is 0.174. The molecule has 2 aliphatic rings. The van der Waals surface area contributed by atoms with Gasteiger partial charge in [-0.1, -0.05) is 11.6 Å². The summed E-state index contributed by atoms with van der Waals surface area (Å²) >= 11 is 6.30. The highest BCUT2D eigenvalue weighted by Gasteiger charge is 2.23. The maximum atomic E-state index is 12.9. The number of rotatable bonds is 4. The minimum atomic E-state index is -0.454. The van der Waals surface area contributed by atoms with Crippen LogP contribution in [0, 0.1) is 5.95 Å². The van der Waals surface area contributed by atoms with E-state index in [0.717, 1.165) is 36.5 Å². The monoisotopic (exact) mass is 385 g/mol. The molecule has 1 aromatic heterocycles. The van der Waals surface area contributed by atoms with Gasteiger partial charge in [-0.15, -0.1) is 12.4 Å². The Kier molecular flexibility index (Phi) is 5.51. The van der Waals surface area contributed by atoms with E-state index in [4.69, 9.17) is 21.1 Å². The maximum absolute atomic E-state index is 12.9. The van der Waals surface area contributed by atoms with Crippen LogP contribution < -0.4 is 19.7 Å². The summed E-state index contributed by atoms with van der Waals surface area (Å²) in [5, 5.41) is 4.19. The average Bonchev–Trinajstić information content (AvgIpc) is 3.22. The van der Waals surface area contributed by atoms with Crippen LogP contribution in [-0.2, 0) is 6.54 Å². The van der Waals surface area contributed by atoms with Crippen LogP contribution in [0.25, 0.3) is 0 Å². The first-order valence-electron chi connectivity index (χ1n) is 7.87. The molecule has 0 saturated carbocycles. The second-order valence-electron chi connectivity index (χ2n) is 5.95. The molecule has 0 spiro atoms. The van der Waals surface area contributed by atoms with Crippen LogP contribution in [0.1, 0.15) is 12.0 Å². The Balaban J connectivity index is 0.00000182. The van der Waals surface area contributed by atoms with E-state index in [0.29, 0.717) is 23.4 Å². The molecule has 0 radical (unpaired) electrons. The number of nitrogens with zero attached hydrogens (tertiary/aromatic N) is 2. The predicted molar refractivity (Wildman–Crippen MR) is 96.5 cm³/mol. The van der Waals surface area contributed by atoms with Crippen LogP contribution in [0.4, 0.5) is 10.1 Å². The van der Waals surface area contributed by atoms with Gasteiger partial charge in [0, 0.05) is 36.8 Å². The number of aromatic nitrogens is 1. The number of anilines is 1. The van der Waals surface area contributed by atoms with Gasteiger partial charge in [0.25, 0.3) is 0 Å². The van der Waals surface area contributed by atoms with E-state index in [1.54, 1.807) is 18.3 Å². The first-order chi connectivity index (χ1) is 11.7. The van der Waals surface area contributed by atoms with Crippen molar-refractivity contribution in [3.8, 4) is 11.5 Å². The number of benzene rings is 1. The van der Waals surface area contributed by atoms with E-state index in [9.17, 15) is 4.39 Å². The van der Waals surface area contributed by atoms with Crippen molar-refractivity contribution in [1.82, 2.24) is 10.3 Å². The average molecular weight is 386 g/mol. The van der Waals surface area contributed by atoms with Gasteiger partial charge >= 0.3 is 0 Å². The summed E-state index contributed by atoms with van der Waals surface area (Å²) in [4.78, 5) is 5.92. The molecular weight excluding hydrogens is 368 g/mol. The standard InChI is InChI=1S/C17H17ClFN3O2.ClH/c18-14-6-16-15(23-10-24-16)5-11(14)7-20-12-3-4-22(9-12)13-1-2-17(19)21-8-13;/h1-2,5-6,8,12,20H,3-4,7,9-10H2;1H. The fourth-order valence-corrected chi connectivity index (χ4v) is 3.29. The quantitative estimate of drug-likeness (QED) is 0.817. The minimum absolute atomic E-state index is 0. The Morgan fingerprint density at radius 2 is 2.08 bits per heavy atom. The molecule has 2 aliphatic heterocycles. The third-order valence-corrected chi connectivity index (χ3v) is 4.74. The SMILES string of the molecule is Cl.Fc1ccc(N2CCC(NCc3cc4c(cc3Cl)OCO4)C2)cn1. The third kappa shape index (κ3) is 3.92. The van der Waals surface area contributed by atoms with Crippen molar-refractivity contribution in [3.63, 3.8) is 0 Å². The highest BCUT2D eigenvalue weighted by Crippen LogP contribution is 2.36. The predicted octanol–water partition coefficient (Wildman–Crippen LogP) is 3.39. The van der Waals surface area contributed by atoms with E-state index in [1.165, 1.54) is 6.07 Å². The first-order valence-corrected chi connectivity index (χ1v) is 8.25. The minimum Gasteiger partial charge on any atom is -0.454 e. The molecule has 134 valence electrons. The lowest BCUT2D eigenvalue weighted by atomic mass is 10.1. The van der Waals surface area contributed by atoms with E-state index >= 15 is 0 Å². The van der Waals surface area contributed by atoms with Gasteiger partial charge < -0.3 is 19.7 Å². The van der Waals surface area contributed by atoms with Crippen molar-refractivity contribution >= 4 is 29.7 Å². The number of hydrogen-bond acceptors (Lipinski definition) is 5. The lowest BCUT2D eigenvalue weighted by Crippen LogP contribution is -2.32. The van der Waals surface area contributed by atoms with Gasteiger partial charge in [0.1, 0.15) is 0 Å². The Labute approximate surface area is 156 Å². The number of fused-ring (bicyclic) bond motifs is 1. The van der Waals surface area contributed by atoms with Crippen molar-refractivity contribution in [2.24, 2.45) is 0 Å². The summed E-state index contributed by atoms with van der Waals surface area (Å²) in [5.74, 6) is 0.978. The number of ether oxygens (including phenoxy) is 2. The molecule has 8 heteroatoms. The third-order valence-electron chi connectivity index (χ3n) is 4.39. The van der Waals surface area contributed by atoms with Crippen LogP contribution >= 0.6 is 24.0 Å². The molecule has 1 saturated heterocycles. The second-order valence-corrected chi connectivity index (χ2v) is 6.36. The summed E-state index contributed by atoms with van der Waals surface area (Å²) in [6, 6.07) is 7.22. The Morgan fingerprint density at radius 1 is 1.28 bits per heavy atom. The molecule has 0 aliphatic carbocycles. The molecule has 1 fully saturated rings. The van der Waals surface area contributed by atoms with Crippen molar-refractivity contribution in [2.75, 3.05) is 24.8 Å². The number of halogens is 3. The fraction of sp³-hybridized carbons (Fsp3) is 0.353. The number of nitrogens with one attached hydrogen (secondary N) is 1. The topological polar surface area (TPSA) is 46.6 Å². The molecule has 2 aromatic rings. The summed E-state index contributed by atoms with van der Waals surface area (Å²) in [6.45, 7) is 2.68. The van der Waals surface area contributed by atoms with Crippen LogP contribution in [-0.4, -0.2) is 30.9 Å². The summed E-state index contributed by atoms with van der Waals surface area (Å²) in [5.41, 5.74) is 1.93. The number of pyridine rings is 1. The Bertz CT molecular complexity index is 745. The molecular formula is C17H18Cl2FN3O2. The summed E-state index contributed by atoms with van der Waals surface area (Å²) in [6.07, 6.45) is 2.59. The Morgan fingerprint density at radius 3 is 2.84 bits per heavy atom. The highest BCUT2D eigenvalue weighted by molar-refractivity contribution is 6.31. The van der Waals surface area contributed by atoms with Gasteiger partial charge in [-0.25, -0.2) is 4.98 Å². The molecule has 1 unspecified atom stereocenters. The molecule has 1 aromatic carbocycles. The first kappa shape index (κ1) is 18.0. The summed E-state index contributed by atoms with van der Waals surface area (Å²) < 4.78 is 23.6. The zero-order valence-corrected chi connectivity index (χ0v) is 14.9. The normalized spacial score (nSPS) is 18.3. The second kappa shape index (κ2) is 7.64. The highest BCUT2D eigenvalue weighted by atomic mass is 35.5. The van der Waals surface area contributed by atoms with Crippen molar-refractivity contribution in [3.05, 3.63) is 47.0 Å². The number of hydrogen-bond donors (Lipinski definition) is 1. The Hall–Kier alpha value is -1.76. The van der Waals surface area contributed by atoms with Crippen molar-refractivity contribution < 1.29 is 13.9 Å². The van der Waals surface area contributed by atoms with Gasteiger partial charge in [-0.2, -0.15) is 4.39 Å². The van der Waals surface area contributed by atoms with Gasteiger partial charge in [-0.05, 0) is 30.2 Å². The maximum Gasteiger partial charge on any atom is 0.231 e. The van der Waals surface area contributed by atoms with E-state index in [-0.39, 0.29) is 19.2 Å². The van der Waals surface area contributed by atoms with Crippen molar-refractivity contribution in [1.29, 1.82) is 0 Å². The molecule has 1 N–H and O–H groups in total. The van der Waals surface area contributed by atoms with Crippen LogP contribution in [0.2, 0.25) is 5.02 Å². The molecule has 0 bridgehead atoms. The summed E-state index contributed by atoms with van der Waals surface area (Å²) in [7, 11) is 0. The fourth-order valence-electron chi connectivity index (χ4n) is 3.07. The largest absolute Gasteiger partial charge is 0.454 e. The van der Waals surface area contributed by atoms with E-state index in [1.807, 2.05) is 6.07 Å². The van der Waals surface area contributed by atoms with Crippen molar-refractivity contribution in [2.45, 2.75) is 19.0 Å². The molecule has 1 atom stereocenters. The van der Waals surface area contributed by atoms with E-state index < -0.39 is 5.95 Å². The molecule has 4 rings (SSSR count). The van der Waals surface area contributed by atoms with Gasteiger partial charge in [-0.3, -0.25) is 0 Å². The van der Waals surface area contributed by atoms with Gasteiger partial charge in [0.15, 0.2) is 11.5 Å². The zero-order chi connectivity index (χ0) is 16.5. The molecule has 5 nitrogen and oxygen atoms in total. The van der Waals surface area contributed by atoms with Gasteiger partial charge in [0.05, 0.1) is 11.9 Å². The van der Waals surface area contributed by atoms with Gasteiger partial charge in [0.2, 0.25) is 12.7 Å². The van der Waals surface area contributed by atoms with Crippen LogP contribution in [0.3, 0.4) is 0 Å².